The van der Waals surface area contributed by atoms with E-state index in [9.17, 15) is 5.11 Å². The van der Waals surface area contributed by atoms with Gasteiger partial charge in [-0.25, -0.2) is 0 Å². The van der Waals surface area contributed by atoms with Crippen molar-refractivity contribution in [1.82, 2.24) is 10.2 Å². The number of methoxy groups -OCH3 is 1. The molecular formula is C17H28N2O2. The molecule has 4 nitrogen and oxygen atoms in total. The number of rotatable bonds is 5. The molecule has 0 amide bonds. The van der Waals surface area contributed by atoms with E-state index in [1.165, 1.54) is 25.7 Å². The quantitative estimate of drug-likeness (QED) is 0.876. The average Bonchev–Trinajstić information content (AvgIpc) is 2.54. The Morgan fingerprint density at radius 3 is 2.52 bits per heavy atom. The summed E-state index contributed by atoms with van der Waals surface area (Å²) < 4.78 is 5.28. The van der Waals surface area contributed by atoms with Crippen LogP contribution in [0.5, 0.6) is 11.5 Å². The minimum absolute atomic E-state index is 0.177. The van der Waals surface area contributed by atoms with Crippen LogP contribution in [0, 0.1) is 0 Å². The molecule has 0 aromatic heterocycles. The summed E-state index contributed by atoms with van der Waals surface area (Å²) in [5.74, 6) is 1.14. The third kappa shape index (κ3) is 3.69. The predicted molar refractivity (Wildman–Crippen MR) is 85.9 cm³/mol. The Morgan fingerprint density at radius 1 is 1.29 bits per heavy atom. The van der Waals surface area contributed by atoms with Crippen molar-refractivity contribution in [3.63, 3.8) is 0 Å². The first-order chi connectivity index (χ1) is 10.1. The number of nitrogens with zero attached hydrogens (tertiary/aromatic N) is 1. The third-order valence-corrected chi connectivity index (χ3v) is 4.98. The second kappa shape index (κ2) is 7.14. The van der Waals surface area contributed by atoms with Gasteiger partial charge in [0.05, 0.1) is 7.11 Å². The number of benzene rings is 1. The van der Waals surface area contributed by atoms with Crippen LogP contribution in [0.1, 0.15) is 44.2 Å². The second-order valence-corrected chi connectivity index (χ2v) is 6.06. The lowest BCUT2D eigenvalue weighted by Crippen LogP contribution is -2.40. The van der Waals surface area contributed by atoms with E-state index in [1.54, 1.807) is 19.2 Å². The Labute approximate surface area is 128 Å². The van der Waals surface area contributed by atoms with Crippen molar-refractivity contribution >= 4 is 0 Å². The van der Waals surface area contributed by atoms with Gasteiger partial charge in [-0.1, -0.05) is 0 Å². The monoisotopic (exact) mass is 292 g/mol. The van der Waals surface area contributed by atoms with Crippen molar-refractivity contribution in [3.8, 4) is 11.5 Å². The predicted octanol–water partition coefficient (Wildman–Crippen LogP) is 2.92. The maximum atomic E-state index is 10.1. The minimum atomic E-state index is 0.177. The topological polar surface area (TPSA) is 44.7 Å². The van der Waals surface area contributed by atoms with Crippen LogP contribution in [-0.2, 0) is 0 Å². The van der Waals surface area contributed by atoms with Gasteiger partial charge in [0.25, 0.3) is 0 Å². The maximum absolute atomic E-state index is 10.1. The van der Waals surface area contributed by atoms with Gasteiger partial charge in [0, 0.05) is 23.7 Å². The highest BCUT2D eigenvalue weighted by Gasteiger charge is 2.27. The highest BCUT2D eigenvalue weighted by Crippen LogP contribution is 2.34. The van der Waals surface area contributed by atoms with Crippen molar-refractivity contribution in [2.75, 3.05) is 21.2 Å². The molecule has 1 atom stereocenters. The Morgan fingerprint density at radius 2 is 1.95 bits per heavy atom. The molecule has 4 heteroatoms. The molecule has 0 heterocycles. The summed E-state index contributed by atoms with van der Waals surface area (Å²) in [4.78, 5) is 2.39. The summed E-state index contributed by atoms with van der Waals surface area (Å²) in [5.41, 5.74) is 0.938. The van der Waals surface area contributed by atoms with E-state index in [0.717, 1.165) is 11.3 Å². The molecule has 0 radical (unpaired) electrons. The van der Waals surface area contributed by atoms with Gasteiger partial charge in [-0.2, -0.15) is 0 Å². The number of phenolic OH excluding ortho intramolecular Hbond substituents is 1. The van der Waals surface area contributed by atoms with Crippen LogP contribution < -0.4 is 10.1 Å². The molecule has 118 valence electrons. The van der Waals surface area contributed by atoms with E-state index >= 15 is 0 Å². The van der Waals surface area contributed by atoms with Crippen LogP contribution in [0.3, 0.4) is 0 Å². The summed E-state index contributed by atoms with van der Waals surface area (Å²) in [6, 6.07) is 6.87. The van der Waals surface area contributed by atoms with Gasteiger partial charge >= 0.3 is 0 Å². The lowest BCUT2D eigenvalue weighted by molar-refractivity contribution is 0.134. The van der Waals surface area contributed by atoms with Crippen LogP contribution in [0.2, 0.25) is 0 Å². The molecule has 1 aliphatic rings. The van der Waals surface area contributed by atoms with Gasteiger partial charge < -0.3 is 15.2 Å². The lowest BCUT2D eigenvalue weighted by atomic mass is 9.89. The standard InChI is InChI=1S/C17H28N2O2/c1-12(16-11-15(21-4)9-10-17(16)20)19(3)14-7-5-13(18-2)6-8-14/h9-14,18,20H,5-8H2,1-4H3. The highest BCUT2D eigenvalue weighted by atomic mass is 16.5. The number of aromatic hydroxyl groups is 1. The molecule has 2 rings (SSSR count). The van der Waals surface area contributed by atoms with Crippen LogP contribution in [0.15, 0.2) is 18.2 Å². The number of hydrogen-bond donors (Lipinski definition) is 2. The molecule has 1 aromatic rings. The van der Waals surface area contributed by atoms with E-state index in [1.807, 2.05) is 13.1 Å². The molecule has 0 saturated heterocycles. The zero-order chi connectivity index (χ0) is 15.4. The van der Waals surface area contributed by atoms with Gasteiger partial charge in [0.15, 0.2) is 0 Å². The normalized spacial score (nSPS) is 24.0. The third-order valence-electron chi connectivity index (χ3n) is 4.98. The Kier molecular flexibility index (Phi) is 5.48. The summed E-state index contributed by atoms with van der Waals surface area (Å²) in [7, 11) is 5.86. The number of hydrogen-bond acceptors (Lipinski definition) is 4. The molecule has 1 saturated carbocycles. The van der Waals surface area contributed by atoms with Crippen molar-refractivity contribution in [3.05, 3.63) is 23.8 Å². The molecule has 0 aliphatic heterocycles. The van der Waals surface area contributed by atoms with Gasteiger partial charge in [-0.15, -0.1) is 0 Å². The first-order valence-corrected chi connectivity index (χ1v) is 7.83. The second-order valence-electron chi connectivity index (χ2n) is 6.06. The Bertz CT molecular complexity index is 456. The van der Waals surface area contributed by atoms with Crippen molar-refractivity contribution in [2.45, 2.75) is 50.7 Å². The van der Waals surface area contributed by atoms with Gasteiger partial charge in [-0.05, 0) is 64.9 Å². The first-order valence-electron chi connectivity index (χ1n) is 7.83. The summed E-state index contributed by atoms with van der Waals surface area (Å²) >= 11 is 0. The fraction of sp³-hybridized carbons (Fsp3) is 0.647. The van der Waals surface area contributed by atoms with E-state index in [-0.39, 0.29) is 6.04 Å². The fourth-order valence-electron chi connectivity index (χ4n) is 3.30. The van der Waals surface area contributed by atoms with Crippen LogP contribution in [-0.4, -0.2) is 43.3 Å². The zero-order valence-corrected chi connectivity index (χ0v) is 13.6. The maximum Gasteiger partial charge on any atom is 0.120 e. The first kappa shape index (κ1) is 16.1. The van der Waals surface area contributed by atoms with Gasteiger partial charge in [0.1, 0.15) is 11.5 Å². The number of phenols is 1. The van der Waals surface area contributed by atoms with Crippen molar-refractivity contribution in [1.29, 1.82) is 0 Å². The molecule has 1 aromatic carbocycles. The Balaban J connectivity index is 2.07. The molecule has 2 N–H and O–H groups in total. The van der Waals surface area contributed by atoms with Crippen molar-refractivity contribution in [2.24, 2.45) is 0 Å². The molecule has 1 unspecified atom stereocenters. The average molecular weight is 292 g/mol. The molecule has 0 spiro atoms. The van der Waals surface area contributed by atoms with Crippen LogP contribution in [0.25, 0.3) is 0 Å². The van der Waals surface area contributed by atoms with Crippen molar-refractivity contribution < 1.29 is 9.84 Å². The molecule has 0 bridgehead atoms. The zero-order valence-electron chi connectivity index (χ0n) is 13.6. The Hall–Kier alpha value is -1.26. The summed E-state index contributed by atoms with van der Waals surface area (Å²) in [6.45, 7) is 2.15. The van der Waals surface area contributed by atoms with Crippen LogP contribution >= 0.6 is 0 Å². The largest absolute Gasteiger partial charge is 0.508 e. The van der Waals surface area contributed by atoms with E-state index in [0.29, 0.717) is 17.8 Å². The molecular weight excluding hydrogens is 264 g/mol. The molecule has 1 fully saturated rings. The SMILES string of the molecule is CNC1CCC(N(C)C(C)c2cc(OC)ccc2O)CC1. The van der Waals surface area contributed by atoms with E-state index in [2.05, 4.69) is 24.2 Å². The summed E-state index contributed by atoms with van der Waals surface area (Å²) in [5, 5.41) is 13.5. The van der Waals surface area contributed by atoms with Gasteiger partial charge in [0.2, 0.25) is 0 Å². The lowest BCUT2D eigenvalue weighted by Gasteiger charge is -2.38. The highest BCUT2D eigenvalue weighted by molar-refractivity contribution is 5.41. The smallest absolute Gasteiger partial charge is 0.120 e. The van der Waals surface area contributed by atoms with E-state index < -0.39 is 0 Å². The van der Waals surface area contributed by atoms with Gasteiger partial charge in [-0.3, -0.25) is 4.90 Å². The minimum Gasteiger partial charge on any atom is -0.508 e. The summed E-state index contributed by atoms with van der Waals surface area (Å²) in [6.07, 6.45) is 4.86. The fourth-order valence-corrected chi connectivity index (χ4v) is 3.30. The van der Waals surface area contributed by atoms with E-state index in [4.69, 9.17) is 4.74 Å². The number of ether oxygens (including phenoxy) is 1. The van der Waals surface area contributed by atoms with Crippen LogP contribution in [0.4, 0.5) is 0 Å². The molecule has 1 aliphatic carbocycles. The number of nitrogens with one attached hydrogen (secondary N) is 1. The molecule has 21 heavy (non-hydrogen) atoms.